The highest BCUT2D eigenvalue weighted by Crippen LogP contribution is 2.38. The van der Waals surface area contributed by atoms with Gasteiger partial charge in [-0.05, 0) is 48.4 Å². The number of rotatable bonds is 6. The van der Waals surface area contributed by atoms with Gasteiger partial charge in [0.2, 0.25) is 5.91 Å². The molecule has 1 aliphatic rings. The molecule has 5 nitrogen and oxygen atoms in total. The van der Waals surface area contributed by atoms with Gasteiger partial charge in [-0.3, -0.25) is 18.7 Å². The quantitative estimate of drug-likeness (QED) is 0.485. The largest absolute Gasteiger partial charge is 0.320 e. The summed E-state index contributed by atoms with van der Waals surface area (Å²) < 4.78 is 12.3. The molecule has 2 amide bonds. The first-order valence-electron chi connectivity index (χ1n) is 9.94. The lowest BCUT2D eigenvalue weighted by atomic mass is 10.1. The molecule has 0 saturated heterocycles. The Kier molecular flexibility index (Phi) is 6.63. The maximum atomic E-state index is 13.4. The number of carbonyl (C=O) groups excluding carboxylic acids is 2. The van der Waals surface area contributed by atoms with E-state index in [1.807, 2.05) is 48.5 Å². The van der Waals surface area contributed by atoms with Crippen molar-refractivity contribution in [1.29, 1.82) is 0 Å². The molecule has 4 rings (SSSR count). The lowest BCUT2D eigenvalue weighted by Gasteiger charge is -2.24. The first-order valence-corrected chi connectivity index (χ1v) is 12.4. The number of benzene rings is 3. The lowest BCUT2D eigenvalue weighted by molar-refractivity contribution is -0.117. The van der Waals surface area contributed by atoms with Crippen LogP contribution >= 0.6 is 15.9 Å². The Morgan fingerprint density at radius 1 is 0.935 bits per heavy atom. The van der Waals surface area contributed by atoms with Crippen LogP contribution in [-0.2, 0) is 22.0 Å². The number of amides is 2. The fraction of sp³-hybridized carbons (Fsp3) is 0.167. The van der Waals surface area contributed by atoms with Crippen molar-refractivity contribution >= 4 is 55.6 Å². The zero-order valence-corrected chi connectivity index (χ0v) is 19.1. The first kappa shape index (κ1) is 21.5. The van der Waals surface area contributed by atoms with Gasteiger partial charge in [0, 0.05) is 16.0 Å². The second-order valence-electron chi connectivity index (χ2n) is 7.13. The van der Waals surface area contributed by atoms with E-state index in [9.17, 15) is 13.8 Å². The summed E-state index contributed by atoms with van der Waals surface area (Å²) in [7, 11) is -1.05. The van der Waals surface area contributed by atoms with E-state index >= 15 is 0 Å². The van der Waals surface area contributed by atoms with Gasteiger partial charge in [0.1, 0.15) is 0 Å². The summed E-state index contributed by atoms with van der Waals surface area (Å²) in [5.74, 6) is 0.213. The zero-order chi connectivity index (χ0) is 21.8. The Bertz CT molecular complexity index is 1150. The Hall–Kier alpha value is -2.77. The number of para-hydroxylation sites is 3. The van der Waals surface area contributed by atoms with Gasteiger partial charge in [-0.15, -0.1) is 0 Å². The molecule has 0 bridgehead atoms. The van der Waals surface area contributed by atoms with E-state index in [2.05, 4.69) is 21.2 Å². The van der Waals surface area contributed by atoms with Crippen molar-refractivity contribution in [3.05, 3.63) is 83.9 Å². The van der Waals surface area contributed by atoms with Crippen LogP contribution in [0.3, 0.4) is 0 Å². The minimum absolute atomic E-state index is 0.149. The fourth-order valence-corrected chi connectivity index (χ4v) is 5.27. The molecule has 3 aromatic rings. The van der Waals surface area contributed by atoms with E-state index in [4.69, 9.17) is 0 Å². The van der Waals surface area contributed by atoms with E-state index in [-0.39, 0.29) is 18.2 Å². The molecular weight excluding hydrogens is 476 g/mol. The van der Waals surface area contributed by atoms with Gasteiger partial charge in [0.05, 0.1) is 39.8 Å². The maximum absolute atomic E-state index is 13.4. The number of anilines is 3. The minimum atomic E-state index is -1.05. The first-order chi connectivity index (χ1) is 15.1. The Labute approximate surface area is 192 Å². The van der Waals surface area contributed by atoms with Gasteiger partial charge in [-0.2, -0.15) is 0 Å². The summed E-state index contributed by atoms with van der Waals surface area (Å²) in [6.07, 6.45) is 0.999. The number of carbonyl (C=O) groups is 2. The van der Waals surface area contributed by atoms with Crippen molar-refractivity contribution in [2.75, 3.05) is 21.3 Å². The van der Waals surface area contributed by atoms with Crippen LogP contribution in [0.25, 0.3) is 0 Å². The smallest absolute Gasteiger partial charge is 0.257 e. The van der Waals surface area contributed by atoms with Crippen LogP contribution < -0.4 is 10.2 Å². The van der Waals surface area contributed by atoms with Gasteiger partial charge < -0.3 is 5.32 Å². The molecule has 0 spiro atoms. The molecule has 0 fully saturated rings. The summed E-state index contributed by atoms with van der Waals surface area (Å²) >= 11 is 3.36. The van der Waals surface area contributed by atoms with Crippen molar-refractivity contribution in [2.45, 2.75) is 17.7 Å². The van der Waals surface area contributed by atoms with Crippen LogP contribution in [-0.4, -0.2) is 27.1 Å². The standard InChI is InChI=1S/C24H21BrN2O3S/c25-14-5-15-31(30)18-12-10-17(11-13-18)16-23(28)27-21-8-3-1-6-19(21)24(29)26-20-7-2-4-9-22(20)27/h1-4,6-13H,5,14-16H2,(H,26,29). The second-order valence-corrected chi connectivity index (χ2v) is 9.49. The van der Waals surface area contributed by atoms with Crippen LogP contribution in [0.1, 0.15) is 22.3 Å². The van der Waals surface area contributed by atoms with Gasteiger partial charge in [0.15, 0.2) is 0 Å². The molecule has 1 atom stereocenters. The third-order valence-electron chi connectivity index (χ3n) is 5.04. The molecule has 1 unspecified atom stereocenters. The van der Waals surface area contributed by atoms with E-state index in [1.54, 1.807) is 29.2 Å². The van der Waals surface area contributed by atoms with E-state index < -0.39 is 10.8 Å². The van der Waals surface area contributed by atoms with Gasteiger partial charge >= 0.3 is 0 Å². The van der Waals surface area contributed by atoms with Crippen LogP contribution in [0.2, 0.25) is 0 Å². The number of alkyl halides is 1. The number of nitrogens with zero attached hydrogens (tertiary/aromatic N) is 1. The van der Waals surface area contributed by atoms with Crippen molar-refractivity contribution in [2.24, 2.45) is 0 Å². The van der Waals surface area contributed by atoms with E-state index in [0.29, 0.717) is 28.4 Å². The maximum Gasteiger partial charge on any atom is 0.257 e. The molecule has 1 N–H and O–H groups in total. The SMILES string of the molecule is O=C1Nc2ccccc2N(C(=O)Cc2ccc(S(=O)CCCBr)cc2)c2ccccc21. The molecule has 0 aliphatic carbocycles. The number of halogens is 1. The highest BCUT2D eigenvalue weighted by atomic mass is 79.9. The monoisotopic (exact) mass is 496 g/mol. The molecule has 0 aromatic heterocycles. The molecule has 0 saturated carbocycles. The predicted molar refractivity (Wildman–Crippen MR) is 128 cm³/mol. The molecule has 1 heterocycles. The lowest BCUT2D eigenvalue weighted by Crippen LogP contribution is -2.28. The molecule has 1 aliphatic heterocycles. The molecule has 158 valence electrons. The molecular formula is C24H21BrN2O3S. The summed E-state index contributed by atoms with van der Waals surface area (Å²) in [5.41, 5.74) is 3.06. The van der Waals surface area contributed by atoms with Crippen molar-refractivity contribution in [1.82, 2.24) is 0 Å². The second kappa shape index (κ2) is 9.58. The van der Waals surface area contributed by atoms with Crippen LogP contribution in [0.4, 0.5) is 17.1 Å². The Morgan fingerprint density at radius 3 is 2.35 bits per heavy atom. The number of hydrogen-bond acceptors (Lipinski definition) is 3. The molecule has 3 aromatic carbocycles. The number of fused-ring (bicyclic) bond motifs is 2. The third-order valence-corrected chi connectivity index (χ3v) is 7.06. The average molecular weight is 497 g/mol. The highest BCUT2D eigenvalue weighted by Gasteiger charge is 2.28. The summed E-state index contributed by atoms with van der Waals surface area (Å²) in [5, 5.41) is 3.71. The third kappa shape index (κ3) is 4.62. The van der Waals surface area contributed by atoms with Crippen LogP contribution in [0, 0.1) is 0 Å². The van der Waals surface area contributed by atoms with Gasteiger partial charge in [-0.1, -0.05) is 52.3 Å². The Morgan fingerprint density at radius 2 is 1.61 bits per heavy atom. The normalized spacial score (nSPS) is 13.6. The summed E-state index contributed by atoms with van der Waals surface area (Å²) in [6.45, 7) is 0. The van der Waals surface area contributed by atoms with Crippen molar-refractivity contribution in [3.8, 4) is 0 Å². The average Bonchev–Trinajstić information content (AvgIpc) is 2.92. The van der Waals surface area contributed by atoms with Gasteiger partial charge in [0.25, 0.3) is 5.91 Å². The van der Waals surface area contributed by atoms with Crippen LogP contribution in [0.5, 0.6) is 0 Å². The predicted octanol–water partition coefficient (Wildman–Crippen LogP) is 5.05. The van der Waals surface area contributed by atoms with E-state index in [0.717, 1.165) is 22.2 Å². The Balaban J connectivity index is 1.63. The summed E-state index contributed by atoms with van der Waals surface area (Å²) in [4.78, 5) is 28.5. The molecule has 0 radical (unpaired) electrons. The van der Waals surface area contributed by atoms with Crippen LogP contribution in [0.15, 0.2) is 77.7 Å². The minimum Gasteiger partial charge on any atom is -0.320 e. The summed E-state index contributed by atoms with van der Waals surface area (Å²) in [6, 6.07) is 21.7. The molecule has 31 heavy (non-hydrogen) atoms. The highest BCUT2D eigenvalue weighted by molar-refractivity contribution is 9.09. The fourth-order valence-electron chi connectivity index (χ4n) is 3.54. The van der Waals surface area contributed by atoms with E-state index in [1.165, 1.54) is 0 Å². The molecule has 7 heteroatoms. The number of hydrogen-bond donors (Lipinski definition) is 1. The number of nitrogens with one attached hydrogen (secondary N) is 1. The topological polar surface area (TPSA) is 66.5 Å². The van der Waals surface area contributed by atoms with Crippen molar-refractivity contribution < 1.29 is 13.8 Å². The zero-order valence-electron chi connectivity index (χ0n) is 16.7. The van der Waals surface area contributed by atoms with Crippen molar-refractivity contribution in [3.63, 3.8) is 0 Å². The van der Waals surface area contributed by atoms with Gasteiger partial charge in [-0.25, -0.2) is 0 Å².